The summed E-state index contributed by atoms with van der Waals surface area (Å²) in [5.41, 5.74) is 0.0468. The molecule has 0 aliphatic heterocycles. The second-order valence-corrected chi connectivity index (χ2v) is 4.19. The third-order valence-electron chi connectivity index (χ3n) is 1.34. The Morgan fingerprint density at radius 2 is 2.00 bits per heavy atom. The van der Waals surface area contributed by atoms with Crippen molar-refractivity contribution in [3.05, 3.63) is 34.6 Å². The van der Waals surface area contributed by atoms with Crippen LogP contribution in [-0.4, -0.2) is 8.42 Å². The average Bonchev–Trinajstić information content (AvgIpc) is 1.93. The predicted octanol–water partition coefficient (Wildman–Crippen LogP) is 2.28. The predicted molar refractivity (Wildman–Crippen MR) is 45.1 cm³/mol. The van der Waals surface area contributed by atoms with Crippen LogP contribution in [0.25, 0.3) is 0 Å². The van der Waals surface area contributed by atoms with E-state index < -0.39 is 21.8 Å². The van der Waals surface area contributed by atoms with E-state index in [0.29, 0.717) is 0 Å². The Hall–Kier alpha value is -0.680. The van der Waals surface area contributed by atoms with Crippen molar-refractivity contribution in [2.24, 2.45) is 0 Å². The van der Waals surface area contributed by atoms with Gasteiger partial charge in [-0.3, -0.25) is 0 Å². The summed E-state index contributed by atoms with van der Waals surface area (Å²) in [6.45, 7) is 0. The Morgan fingerprint density at radius 3 is 2.46 bits per heavy atom. The van der Waals surface area contributed by atoms with Crippen LogP contribution in [0.4, 0.5) is 8.28 Å². The minimum atomic E-state index is -4.62. The van der Waals surface area contributed by atoms with Crippen molar-refractivity contribution in [2.45, 2.75) is 5.75 Å². The first kappa shape index (κ1) is 10.4. The lowest BCUT2D eigenvalue weighted by Crippen LogP contribution is -1.97. The monoisotopic (exact) mass is 226 g/mol. The molecule has 1 aromatic carbocycles. The van der Waals surface area contributed by atoms with E-state index >= 15 is 0 Å². The molecule has 6 heteroatoms. The van der Waals surface area contributed by atoms with E-state index in [-0.39, 0.29) is 10.6 Å². The Balaban J connectivity index is 3.04. The van der Waals surface area contributed by atoms with Gasteiger partial charge in [0.05, 0.1) is 0 Å². The Labute approximate surface area is 79.4 Å². The Bertz CT molecular complexity index is 417. The van der Waals surface area contributed by atoms with E-state index in [1.807, 2.05) is 0 Å². The first-order chi connectivity index (χ1) is 5.88. The second kappa shape index (κ2) is 3.59. The zero-order chi connectivity index (χ0) is 10.1. The van der Waals surface area contributed by atoms with Crippen LogP contribution >= 0.6 is 11.6 Å². The summed E-state index contributed by atoms with van der Waals surface area (Å²) in [5, 5.41) is -0.0961. The quantitative estimate of drug-likeness (QED) is 0.725. The van der Waals surface area contributed by atoms with Gasteiger partial charge >= 0.3 is 10.2 Å². The summed E-state index contributed by atoms with van der Waals surface area (Å²) in [6, 6.07) is 3.09. The van der Waals surface area contributed by atoms with Crippen LogP contribution in [0.1, 0.15) is 5.56 Å². The maximum absolute atomic E-state index is 12.5. The summed E-state index contributed by atoms with van der Waals surface area (Å²) in [4.78, 5) is 0. The summed E-state index contributed by atoms with van der Waals surface area (Å²) >= 11 is 5.46. The molecule has 1 rings (SSSR count). The highest BCUT2D eigenvalue weighted by atomic mass is 35.5. The molecule has 0 saturated carbocycles. The SMILES string of the molecule is O=S(=O)(F)Cc1ccc(F)cc1Cl. The summed E-state index contributed by atoms with van der Waals surface area (Å²) in [7, 11) is -4.62. The van der Waals surface area contributed by atoms with Crippen molar-refractivity contribution in [1.29, 1.82) is 0 Å². The third-order valence-corrected chi connectivity index (χ3v) is 2.35. The molecule has 0 bridgehead atoms. The number of hydrogen-bond donors (Lipinski definition) is 0. The second-order valence-electron chi connectivity index (χ2n) is 2.42. The highest BCUT2D eigenvalue weighted by Crippen LogP contribution is 2.19. The van der Waals surface area contributed by atoms with E-state index in [2.05, 4.69) is 0 Å². The molecule has 0 spiro atoms. The molecule has 0 amide bonds. The van der Waals surface area contributed by atoms with Gasteiger partial charge in [0.15, 0.2) is 0 Å². The number of rotatable bonds is 2. The van der Waals surface area contributed by atoms with E-state index in [4.69, 9.17) is 11.6 Å². The molecule has 0 aliphatic carbocycles. The average molecular weight is 227 g/mol. The minimum Gasteiger partial charge on any atom is -0.207 e. The molecule has 0 N–H and O–H groups in total. The zero-order valence-electron chi connectivity index (χ0n) is 6.30. The Kier molecular flexibility index (Phi) is 2.87. The molecule has 0 aliphatic rings. The van der Waals surface area contributed by atoms with Gasteiger partial charge in [0.2, 0.25) is 0 Å². The van der Waals surface area contributed by atoms with Gasteiger partial charge in [0, 0.05) is 5.02 Å². The fourth-order valence-electron chi connectivity index (χ4n) is 0.824. The maximum Gasteiger partial charge on any atom is 0.306 e. The summed E-state index contributed by atoms with van der Waals surface area (Å²) < 4.78 is 45.1. The number of benzene rings is 1. The van der Waals surface area contributed by atoms with Gasteiger partial charge in [-0.1, -0.05) is 17.7 Å². The van der Waals surface area contributed by atoms with Crippen molar-refractivity contribution >= 4 is 21.8 Å². The topological polar surface area (TPSA) is 34.1 Å². The van der Waals surface area contributed by atoms with Gasteiger partial charge in [0.25, 0.3) is 0 Å². The lowest BCUT2D eigenvalue weighted by Gasteiger charge is -1.99. The molecule has 0 aromatic heterocycles. The van der Waals surface area contributed by atoms with Gasteiger partial charge in [-0.05, 0) is 17.7 Å². The highest BCUT2D eigenvalue weighted by molar-refractivity contribution is 7.85. The lowest BCUT2D eigenvalue weighted by molar-refractivity contribution is 0.551. The highest BCUT2D eigenvalue weighted by Gasteiger charge is 2.12. The van der Waals surface area contributed by atoms with Gasteiger partial charge in [-0.25, -0.2) is 4.39 Å². The molecule has 72 valence electrons. The van der Waals surface area contributed by atoms with Crippen LogP contribution in [0.15, 0.2) is 18.2 Å². The fraction of sp³-hybridized carbons (Fsp3) is 0.143. The largest absolute Gasteiger partial charge is 0.306 e. The normalized spacial score (nSPS) is 11.6. The van der Waals surface area contributed by atoms with Crippen LogP contribution < -0.4 is 0 Å². The molecule has 0 saturated heterocycles. The smallest absolute Gasteiger partial charge is 0.207 e. The van der Waals surface area contributed by atoms with Crippen molar-refractivity contribution in [3.63, 3.8) is 0 Å². The molecule has 2 nitrogen and oxygen atoms in total. The minimum absolute atomic E-state index is 0.0468. The van der Waals surface area contributed by atoms with E-state index in [0.717, 1.165) is 18.2 Å². The number of halogens is 3. The van der Waals surface area contributed by atoms with Gasteiger partial charge < -0.3 is 0 Å². The molecular weight excluding hydrogens is 222 g/mol. The van der Waals surface area contributed by atoms with E-state index in [1.54, 1.807) is 0 Å². The van der Waals surface area contributed by atoms with Crippen molar-refractivity contribution < 1.29 is 16.7 Å². The molecule has 0 fully saturated rings. The first-order valence-electron chi connectivity index (χ1n) is 3.25. The van der Waals surface area contributed by atoms with E-state index in [9.17, 15) is 16.7 Å². The van der Waals surface area contributed by atoms with Crippen molar-refractivity contribution in [2.75, 3.05) is 0 Å². The van der Waals surface area contributed by atoms with Crippen LogP contribution in [0.3, 0.4) is 0 Å². The lowest BCUT2D eigenvalue weighted by atomic mass is 10.2. The van der Waals surface area contributed by atoms with Crippen LogP contribution in [0.5, 0.6) is 0 Å². The molecular formula is C7H5ClF2O2S. The summed E-state index contributed by atoms with van der Waals surface area (Å²) in [5.74, 6) is -1.42. The van der Waals surface area contributed by atoms with Gasteiger partial charge in [-0.15, -0.1) is 3.89 Å². The number of hydrogen-bond acceptors (Lipinski definition) is 2. The molecule has 0 unspecified atom stereocenters. The summed E-state index contributed by atoms with van der Waals surface area (Å²) in [6.07, 6.45) is 0. The van der Waals surface area contributed by atoms with Crippen LogP contribution in [0.2, 0.25) is 5.02 Å². The standard InChI is InChI=1S/C7H5ClF2O2S/c8-7-3-6(9)2-1-5(7)4-13(10,11)12/h1-3H,4H2. The van der Waals surface area contributed by atoms with E-state index in [1.165, 1.54) is 0 Å². The fourth-order valence-corrected chi connectivity index (χ4v) is 1.76. The Morgan fingerprint density at radius 1 is 1.38 bits per heavy atom. The zero-order valence-corrected chi connectivity index (χ0v) is 7.87. The molecule has 0 atom stereocenters. The molecule has 0 heterocycles. The molecule has 13 heavy (non-hydrogen) atoms. The van der Waals surface area contributed by atoms with Crippen LogP contribution in [0, 0.1) is 5.82 Å². The first-order valence-corrected chi connectivity index (χ1v) is 5.18. The molecule has 1 aromatic rings. The van der Waals surface area contributed by atoms with Gasteiger partial charge in [0.1, 0.15) is 11.6 Å². The maximum atomic E-state index is 12.5. The van der Waals surface area contributed by atoms with Crippen molar-refractivity contribution in [1.82, 2.24) is 0 Å². The van der Waals surface area contributed by atoms with Gasteiger partial charge in [-0.2, -0.15) is 8.42 Å². The third kappa shape index (κ3) is 3.28. The van der Waals surface area contributed by atoms with Crippen LogP contribution in [-0.2, 0) is 16.0 Å². The molecule has 0 radical (unpaired) electrons. The van der Waals surface area contributed by atoms with Crippen molar-refractivity contribution in [3.8, 4) is 0 Å².